The first kappa shape index (κ1) is 14.9. The number of halogens is 1. The Morgan fingerprint density at radius 2 is 1.52 bits per heavy atom. The maximum absolute atomic E-state index is 3.86. The van der Waals surface area contributed by atoms with Crippen molar-refractivity contribution in [2.45, 2.75) is 12.8 Å². The van der Waals surface area contributed by atoms with Crippen molar-refractivity contribution in [1.29, 1.82) is 0 Å². The van der Waals surface area contributed by atoms with Gasteiger partial charge in [-0.05, 0) is 78.6 Å². The van der Waals surface area contributed by atoms with Crippen LogP contribution in [0.5, 0.6) is 0 Å². The monoisotopic (exact) mass is 384 g/mol. The summed E-state index contributed by atoms with van der Waals surface area (Å²) < 4.78 is 1.22. The van der Waals surface area contributed by atoms with Crippen LogP contribution in [0.2, 0.25) is 0 Å². The molecule has 0 N–H and O–H groups in total. The molecule has 0 atom stereocenters. The van der Waals surface area contributed by atoms with Crippen molar-refractivity contribution in [3.63, 3.8) is 0 Å². The van der Waals surface area contributed by atoms with Crippen LogP contribution in [0.3, 0.4) is 0 Å². The van der Waals surface area contributed by atoms with E-state index in [0.717, 1.165) is 12.8 Å². The second-order valence-electron chi connectivity index (χ2n) is 6.63. The Labute approximate surface area is 155 Å². The molecule has 0 unspecified atom stereocenters. The first-order chi connectivity index (χ1) is 12.3. The molecule has 4 aromatic carbocycles. The molecule has 25 heavy (non-hydrogen) atoms. The number of rotatable bonds is 1. The Hall–Kier alpha value is -2.38. The lowest BCUT2D eigenvalue weighted by Gasteiger charge is -2.21. The molecule has 1 aliphatic rings. The number of benzene rings is 4. The van der Waals surface area contributed by atoms with Crippen LogP contribution in [0.25, 0.3) is 38.7 Å². The topological polar surface area (TPSA) is 0 Å². The summed E-state index contributed by atoms with van der Waals surface area (Å²) in [5.74, 6) is 0. The molecular weight excluding hydrogens is 368 g/mol. The average molecular weight is 385 g/mol. The minimum Gasteiger partial charge on any atom is -0.0836 e. The summed E-state index contributed by atoms with van der Waals surface area (Å²) >= 11 is 3.86. The molecule has 0 saturated heterocycles. The fourth-order valence-electron chi connectivity index (χ4n) is 4.00. The van der Waals surface area contributed by atoms with Crippen molar-refractivity contribution in [2.75, 3.05) is 0 Å². The summed E-state index contributed by atoms with van der Waals surface area (Å²) in [6, 6.07) is 24.2. The van der Waals surface area contributed by atoms with Gasteiger partial charge in [0.2, 0.25) is 0 Å². The number of hydrogen-bond acceptors (Lipinski definition) is 0. The standard InChI is InChI=1S/C24H17Br/c25-24-21-11-5-3-9-19(21)23(20-10-4-6-12-22(20)24)18-14-13-16-7-1-2-8-17(16)15-18/h1-3,5-9,11-15H,4,10H2. The molecular formula is C24H17Br. The second-order valence-corrected chi connectivity index (χ2v) is 7.42. The molecule has 5 rings (SSSR count). The highest BCUT2D eigenvalue weighted by Gasteiger charge is 2.19. The molecule has 1 aliphatic carbocycles. The largest absolute Gasteiger partial charge is 0.0836 e. The molecule has 0 aliphatic heterocycles. The zero-order chi connectivity index (χ0) is 16.8. The molecule has 0 fully saturated rings. The van der Waals surface area contributed by atoms with Crippen molar-refractivity contribution < 1.29 is 0 Å². The Morgan fingerprint density at radius 1 is 0.760 bits per heavy atom. The third kappa shape index (κ3) is 2.34. The minimum absolute atomic E-state index is 1.09. The normalized spacial score (nSPS) is 13.3. The molecule has 0 saturated carbocycles. The van der Waals surface area contributed by atoms with Gasteiger partial charge in [0.25, 0.3) is 0 Å². The fourth-order valence-corrected chi connectivity index (χ4v) is 4.72. The maximum Gasteiger partial charge on any atom is 0.0329 e. The number of fused-ring (bicyclic) bond motifs is 3. The Balaban J connectivity index is 1.91. The van der Waals surface area contributed by atoms with Gasteiger partial charge in [0.05, 0.1) is 0 Å². The zero-order valence-corrected chi connectivity index (χ0v) is 15.4. The van der Waals surface area contributed by atoms with Crippen molar-refractivity contribution >= 4 is 43.6 Å². The number of allylic oxidation sites excluding steroid dienone is 1. The first-order valence-corrected chi connectivity index (χ1v) is 9.51. The highest BCUT2D eigenvalue weighted by Crippen LogP contribution is 2.43. The van der Waals surface area contributed by atoms with E-state index in [4.69, 9.17) is 0 Å². The van der Waals surface area contributed by atoms with Crippen LogP contribution in [0.15, 0.2) is 77.3 Å². The second kappa shape index (κ2) is 5.86. The SMILES string of the molecule is Brc1c2c(c(-c3ccc4ccccc4c3)c3ccccc13)CCC=C2. The van der Waals surface area contributed by atoms with Crippen LogP contribution in [0, 0.1) is 0 Å². The van der Waals surface area contributed by atoms with E-state index >= 15 is 0 Å². The van der Waals surface area contributed by atoms with Gasteiger partial charge in [-0.2, -0.15) is 0 Å². The van der Waals surface area contributed by atoms with Gasteiger partial charge in [-0.3, -0.25) is 0 Å². The molecule has 0 nitrogen and oxygen atoms in total. The van der Waals surface area contributed by atoms with Crippen LogP contribution in [-0.4, -0.2) is 0 Å². The van der Waals surface area contributed by atoms with E-state index in [9.17, 15) is 0 Å². The highest BCUT2D eigenvalue weighted by molar-refractivity contribution is 9.10. The van der Waals surface area contributed by atoms with Crippen LogP contribution >= 0.6 is 15.9 Å². The molecule has 0 radical (unpaired) electrons. The van der Waals surface area contributed by atoms with Gasteiger partial charge in [0.15, 0.2) is 0 Å². The Bertz CT molecular complexity index is 1150. The molecule has 0 aromatic heterocycles. The quantitative estimate of drug-likeness (QED) is 0.321. The molecule has 0 bridgehead atoms. The van der Waals surface area contributed by atoms with Crippen molar-refractivity contribution in [3.05, 3.63) is 88.4 Å². The van der Waals surface area contributed by atoms with Crippen LogP contribution in [0.4, 0.5) is 0 Å². The summed E-state index contributed by atoms with van der Waals surface area (Å²) in [5.41, 5.74) is 5.51. The molecule has 0 spiro atoms. The molecule has 1 heteroatoms. The van der Waals surface area contributed by atoms with Crippen molar-refractivity contribution in [1.82, 2.24) is 0 Å². The van der Waals surface area contributed by atoms with Gasteiger partial charge in [-0.15, -0.1) is 0 Å². The number of hydrogen-bond donors (Lipinski definition) is 0. The van der Waals surface area contributed by atoms with E-state index in [1.165, 1.54) is 48.3 Å². The molecule has 120 valence electrons. The summed E-state index contributed by atoms with van der Waals surface area (Å²) in [7, 11) is 0. The zero-order valence-electron chi connectivity index (χ0n) is 13.8. The maximum atomic E-state index is 3.86. The molecule has 0 heterocycles. The first-order valence-electron chi connectivity index (χ1n) is 8.72. The van der Waals surface area contributed by atoms with Gasteiger partial charge in [-0.1, -0.05) is 72.8 Å². The fraction of sp³-hybridized carbons (Fsp3) is 0.0833. The summed E-state index contributed by atoms with van der Waals surface area (Å²) in [6.07, 6.45) is 6.77. The minimum atomic E-state index is 1.09. The van der Waals surface area contributed by atoms with Gasteiger partial charge in [-0.25, -0.2) is 0 Å². The van der Waals surface area contributed by atoms with E-state index < -0.39 is 0 Å². The summed E-state index contributed by atoms with van der Waals surface area (Å²) in [4.78, 5) is 0. The van der Waals surface area contributed by atoms with E-state index in [1.807, 2.05) is 0 Å². The lowest BCUT2D eigenvalue weighted by Crippen LogP contribution is -2.00. The van der Waals surface area contributed by atoms with E-state index in [1.54, 1.807) is 0 Å². The predicted molar refractivity (Wildman–Crippen MR) is 112 cm³/mol. The third-order valence-electron chi connectivity index (χ3n) is 5.18. The van der Waals surface area contributed by atoms with E-state index in [-0.39, 0.29) is 0 Å². The van der Waals surface area contributed by atoms with E-state index in [0.29, 0.717) is 0 Å². The summed E-state index contributed by atoms with van der Waals surface area (Å²) in [6.45, 7) is 0. The highest BCUT2D eigenvalue weighted by atomic mass is 79.9. The van der Waals surface area contributed by atoms with Gasteiger partial charge in [0.1, 0.15) is 0 Å². The van der Waals surface area contributed by atoms with Crippen molar-refractivity contribution in [2.24, 2.45) is 0 Å². The van der Waals surface area contributed by atoms with Gasteiger partial charge in [0, 0.05) is 4.47 Å². The Kier molecular flexibility index (Phi) is 3.50. The molecule has 4 aromatic rings. The average Bonchev–Trinajstić information content (AvgIpc) is 2.68. The van der Waals surface area contributed by atoms with Crippen LogP contribution in [0.1, 0.15) is 17.5 Å². The van der Waals surface area contributed by atoms with Gasteiger partial charge >= 0.3 is 0 Å². The van der Waals surface area contributed by atoms with Crippen LogP contribution < -0.4 is 0 Å². The Morgan fingerprint density at radius 3 is 2.40 bits per heavy atom. The predicted octanol–water partition coefficient (Wildman–Crippen LogP) is 7.38. The van der Waals surface area contributed by atoms with Gasteiger partial charge < -0.3 is 0 Å². The van der Waals surface area contributed by atoms with Crippen molar-refractivity contribution in [3.8, 4) is 11.1 Å². The van der Waals surface area contributed by atoms with Crippen LogP contribution in [-0.2, 0) is 6.42 Å². The third-order valence-corrected chi connectivity index (χ3v) is 6.03. The lowest BCUT2D eigenvalue weighted by atomic mass is 9.85. The summed E-state index contributed by atoms with van der Waals surface area (Å²) in [5, 5.41) is 5.21. The smallest absolute Gasteiger partial charge is 0.0329 e. The molecule has 0 amide bonds. The van der Waals surface area contributed by atoms with E-state index in [2.05, 4.69) is 94.8 Å². The lowest BCUT2D eigenvalue weighted by molar-refractivity contribution is 0.989.